The predicted octanol–water partition coefficient (Wildman–Crippen LogP) is 3.14. The van der Waals surface area contributed by atoms with Gasteiger partial charge in [0.2, 0.25) is 0 Å². The van der Waals surface area contributed by atoms with Crippen LogP contribution < -0.4 is 0 Å². The fraction of sp³-hybridized carbons (Fsp3) is 0.333. The van der Waals surface area contributed by atoms with Crippen LogP contribution in [0.5, 0.6) is 0 Å². The van der Waals surface area contributed by atoms with Crippen LogP contribution in [0, 0.1) is 0 Å². The molecule has 0 heterocycles. The molecule has 1 atom stereocenters. The lowest BCUT2D eigenvalue weighted by atomic mass is 10.1. The van der Waals surface area contributed by atoms with Gasteiger partial charge in [0.25, 0.3) is 0 Å². The monoisotopic (exact) mass is 238 g/mol. The number of alkyl halides is 1. The van der Waals surface area contributed by atoms with Crippen LogP contribution in [0.3, 0.4) is 0 Å². The Kier molecular flexibility index (Phi) is 4.33. The van der Waals surface area contributed by atoms with Crippen molar-refractivity contribution in [1.29, 1.82) is 0 Å². The maximum absolute atomic E-state index is 9.29. The van der Waals surface area contributed by atoms with E-state index in [0.29, 0.717) is 16.5 Å². The Hall–Kier alpha value is 0.0500. The van der Waals surface area contributed by atoms with Crippen LogP contribution in [-0.4, -0.2) is 17.1 Å². The lowest BCUT2D eigenvalue weighted by Gasteiger charge is -2.08. The van der Waals surface area contributed by atoms with E-state index in [1.165, 1.54) is 0 Å². The predicted molar refractivity (Wildman–Crippen MR) is 56.9 cm³/mol. The van der Waals surface area contributed by atoms with Crippen molar-refractivity contribution in [2.45, 2.75) is 12.5 Å². The SMILES string of the molecule is OC(CCl)Cc1cc(Cl)ccc1Cl. The average molecular weight is 240 g/mol. The van der Waals surface area contributed by atoms with Gasteiger partial charge in [-0.15, -0.1) is 11.6 Å². The maximum atomic E-state index is 9.29. The van der Waals surface area contributed by atoms with E-state index < -0.39 is 6.10 Å². The molecular weight excluding hydrogens is 230 g/mol. The number of rotatable bonds is 3. The minimum absolute atomic E-state index is 0.197. The standard InChI is InChI=1S/C9H9Cl3O/c10-5-8(13)4-6-3-7(11)1-2-9(6)12/h1-3,8,13H,4-5H2. The van der Waals surface area contributed by atoms with Crippen molar-refractivity contribution in [3.8, 4) is 0 Å². The lowest BCUT2D eigenvalue weighted by molar-refractivity contribution is 0.199. The van der Waals surface area contributed by atoms with Gasteiger partial charge in [-0.05, 0) is 23.8 Å². The van der Waals surface area contributed by atoms with Gasteiger partial charge < -0.3 is 5.11 Å². The molecule has 0 aromatic heterocycles. The molecule has 0 bridgehead atoms. The first-order chi connectivity index (χ1) is 6.13. The minimum atomic E-state index is -0.572. The molecule has 0 aliphatic heterocycles. The first-order valence-electron chi connectivity index (χ1n) is 3.81. The molecule has 0 aliphatic carbocycles. The van der Waals surface area contributed by atoms with Gasteiger partial charge in [0, 0.05) is 22.3 Å². The number of hydrogen-bond acceptors (Lipinski definition) is 1. The number of benzene rings is 1. The highest BCUT2D eigenvalue weighted by Crippen LogP contribution is 2.21. The van der Waals surface area contributed by atoms with Gasteiger partial charge in [-0.2, -0.15) is 0 Å². The summed E-state index contributed by atoms with van der Waals surface area (Å²) >= 11 is 17.1. The molecule has 0 spiro atoms. The van der Waals surface area contributed by atoms with E-state index in [1.807, 2.05) is 0 Å². The largest absolute Gasteiger partial charge is 0.392 e. The molecule has 1 unspecified atom stereocenters. The van der Waals surface area contributed by atoms with Crippen LogP contribution in [-0.2, 0) is 6.42 Å². The molecule has 1 aromatic carbocycles. The number of hydrogen-bond donors (Lipinski definition) is 1. The Morgan fingerprint density at radius 1 is 1.31 bits per heavy atom. The highest BCUT2D eigenvalue weighted by atomic mass is 35.5. The van der Waals surface area contributed by atoms with Crippen LogP contribution >= 0.6 is 34.8 Å². The molecule has 0 saturated heterocycles. The first-order valence-corrected chi connectivity index (χ1v) is 5.10. The van der Waals surface area contributed by atoms with Crippen molar-refractivity contribution in [3.63, 3.8) is 0 Å². The summed E-state index contributed by atoms with van der Waals surface area (Å²) in [5.74, 6) is 0.197. The van der Waals surface area contributed by atoms with Crippen LogP contribution in [0.25, 0.3) is 0 Å². The Bertz CT molecular complexity index is 288. The number of halogens is 3. The Labute approximate surface area is 92.2 Å². The van der Waals surface area contributed by atoms with E-state index >= 15 is 0 Å². The zero-order valence-corrected chi connectivity index (χ0v) is 9.07. The van der Waals surface area contributed by atoms with Crippen LogP contribution in [0.2, 0.25) is 10.0 Å². The van der Waals surface area contributed by atoms with E-state index in [0.717, 1.165) is 5.56 Å². The van der Waals surface area contributed by atoms with E-state index in [1.54, 1.807) is 18.2 Å². The molecular formula is C9H9Cl3O. The van der Waals surface area contributed by atoms with Crippen molar-refractivity contribution in [2.24, 2.45) is 0 Å². The third kappa shape index (κ3) is 3.35. The maximum Gasteiger partial charge on any atom is 0.0716 e. The zero-order chi connectivity index (χ0) is 9.84. The van der Waals surface area contributed by atoms with Gasteiger partial charge in [0.05, 0.1) is 6.10 Å². The second kappa shape index (κ2) is 5.06. The molecule has 13 heavy (non-hydrogen) atoms. The Morgan fingerprint density at radius 3 is 2.62 bits per heavy atom. The van der Waals surface area contributed by atoms with Crippen LogP contribution in [0.4, 0.5) is 0 Å². The van der Waals surface area contributed by atoms with E-state index in [-0.39, 0.29) is 5.88 Å². The van der Waals surface area contributed by atoms with Gasteiger partial charge in [-0.25, -0.2) is 0 Å². The second-order valence-corrected chi connectivity index (χ2v) is 3.90. The first kappa shape index (κ1) is 11.1. The van der Waals surface area contributed by atoms with Crippen molar-refractivity contribution in [3.05, 3.63) is 33.8 Å². The molecule has 0 fully saturated rings. The molecule has 1 aromatic rings. The van der Waals surface area contributed by atoms with E-state index in [9.17, 15) is 5.11 Å². The third-order valence-corrected chi connectivity index (χ3v) is 2.60. The summed E-state index contributed by atoms with van der Waals surface area (Å²) in [6.45, 7) is 0. The molecule has 0 saturated carbocycles. The van der Waals surface area contributed by atoms with E-state index in [2.05, 4.69) is 0 Å². The van der Waals surface area contributed by atoms with Crippen molar-refractivity contribution in [2.75, 3.05) is 5.88 Å². The molecule has 0 amide bonds. The van der Waals surface area contributed by atoms with Crippen molar-refractivity contribution >= 4 is 34.8 Å². The number of aliphatic hydroxyl groups excluding tert-OH is 1. The van der Waals surface area contributed by atoms with Gasteiger partial charge in [0.15, 0.2) is 0 Å². The number of aliphatic hydroxyl groups is 1. The normalized spacial score (nSPS) is 12.9. The summed E-state index contributed by atoms with van der Waals surface area (Å²) in [5, 5.41) is 10.5. The smallest absolute Gasteiger partial charge is 0.0716 e. The van der Waals surface area contributed by atoms with Gasteiger partial charge in [0.1, 0.15) is 0 Å². The van der Waals surface area contributed by atoms with Crippen molar-refractivity contribution < 1.29 is 5.11 Å². The Balaban J connectivity index is 2.81. The summed E-state index contributed by atoms with van der Waals surface area (Å²) in [6, 6.07) is 5.15. The molecule has 1 nitrogen and oxygen atoms in total. The zero-order valence-electron chi connectivity index (χ0n) is 6.80. The highest BCUT2D eigenvalue weighted by Gasteiger charge is 2.07. The van der Waals surface area contributed by atoms with E-state index in [4.69, 9.17) is 34.8 Å². The van der Waals surface area contributed by atoms with Crippen molar-refractivity contribution in [1.82, 2.24) is 0 Å². The molecule has 0 radical (unpaired) electrons. The van der Waals surface area contributed by atoms with Gasteiger partial charge >= 0.3 is 0 Å². The van der Waals surface area contributed by atoms with Gasteiger partial charge in [-0.1, -0.05) is 23.2 Å². The molecule has 4 heteroatoms. The average Bonchev–Trinajstić information content (AvgIpc) is 2.11. The highest BCUT2D eigenvalue weighted by molar-refractivity contribution is 6.33. The van der Waals surface area contributed by atoms with Crippen LogP contribution in [0.1, 0.15) is 5.56 Å². The summed E-state index contributed by atoms with van der Waals surface area (Å²) in [5.41, 5.74) is 0.822. The second-order valence-electron chi connectivity index (χ2n) is 2.75. The lowest BCUT2D eigenvalue weighted by Crippen LogP contribution is -2.12. The third-order valence-electron chi connectivity index (χ3n) is 1.64. The molecule has 0 aliphatic rings. The Morgan fingerprint density at radius 2 is 2.00 bits per heavy atom. The summed E-state index contributed by atoms with van der Waals surface area (Å²) < 4.78 is 0. The summed E-state index contributed by atoms with van der Waals surface area (Å²) in [7, 11) is 0. The topological polar surface area (TPSA) is 20.2 Å². The fourth-order valence-corrected chi connectivity index (χ4v) is 1.51. The quantitative estimate of drug-likeness (QED) is 0.804. The van der Waals surface area contributed by atoms with Crippen LogP contribution in [0.15, 0.2) is 18.2 Å². The molecule has 72 valence electrons. The molecule has 1 rings (SSSR count). The minimum Gasteiger partial charge on any atom is -0.392 e. The fourth-order valence-electron chi connectivity index (χ4n) is 1.01. The molecule has 1 N–H and O–H groups in total. The van der Waals surface area contributed by atoms with Gasteiger partial charge in [-0.3, -0.25) is 0 Å². The summed E-state index contributed by atoms with van der Waals surface area (Å²) in [4.78, 5) is 0. The summed E-state index contributed by atoms with van der Waals surface area (Å²) in [6.07, 6.45) is -0.138.